The van der Waals surface area contributed by atoms with Crippen LogP contribution in [0.2, 0.25) is 5.02 Å². The topological polar surface area (TPSA) is 99.3 Å². The van der Waals surface area contributed by atoms with E-state index in [0.717, 1.165) is 12.1 Å². The van der Waals surface area contributed by atoms with Gasteiger partial charge in [-0.05, 0) is 60.2 Å². The maximum absolute atomic E-state index is 14.2. The number of carbonyl (C=O) groups excluding carboxylic acids is 2. The summed E-state index contributed by atoms with van der Waals surface area (Å²) in [7, 11) is 0. The number of nitrogens with zero attached hydrogens (tertiary/aromatic N) is 3. The Kier molecular flexibility index (Phi) is 6.62. The maximum Gasteiger partial charge on any atom is 0.416 e. The third-order valence-corrected chi connectivity index (χ3v) is 7.30. The molecule has 0 radical (unpaired) electrons. The number of benzene rings is 3. The molecule has 2 amide bonds. The summed E-state index contributed by atoms with van der Waals surface area (Å²) in [5, 5.41) is 15.1. The van der Waals surface area contributed by atoms with Crippen LogP contribution in [0.25, 0.3) is 16.8 Å². The Morgan fingerprint density at radius 3 is 2.58 bits per heavy atom. The van der Waals surface area contributed by atoms with Gasteiger partial charge < -0.3 is 15.0 Å². The van der Waals surface area contributed by atoms with E-state index in [9.17, 15) is 36.8 Å². The van der Waals surface area contributed by atoms with Gasteiger partial charge in [0.25, 0.3) is 11.8 Å². The number of amides is 2. The first-order valence-corrected chi connectivity index (χ1v) is 12.8. The molecular formula is C30H15ClF5N5O2. The van der Waals surface area contributed by atoms with Gasteiger partial charge >= 0.3 is 6.18 Å². The van der Waals surface area contributed by atoms with E-state index in [4.69, 9.17) is 11.6 Å². The number of alkyl halides is 3. The summed E-state index contributed by atoms with van der Waals surface area (Å²) >= 11 is 6.34. The molecule has 0 aliphatic carbocycles. The van der Waals surface area contributed by atoms with Gasteiger partial charge in [-0.1, -0.05) is 11.6 Å². The molecule has 43 heavy (non-hydrogen) atoms. The SMILES string of the molecule is N#Cc1cc2nccn2cc1-c1cc(NC(=O)c2cc(F)cc(C(F)(F)F)c2)c2c(c1)C(=O)N[C@@H]2c1cc(F)ccc1Cl. The number of hydrogen-bond acceptors (Lipinski definition) is 4. The van der Waals surface area contributed by atoms with Crippen molar-refractivity contribution in [2.24, 2.45) is 0 Å². The van der Waals surface area contributed by atoms with Crippen molar-refractivity contribution in [3.8, 4) is 17.2 Å². The van der Waals surface area contributed by atoms with Crippen molar-refractivity contribution >= 4 is 34.7 Å². The third-order valence-electron chi connectivity index (χ3n) is 6.96. The van der Waals surface area contributed by atoms with Gasteiger partial charge in [0.05, 0.1) is 23.2 Å². The van der Waals surface area contributed by atoms with Crippen LogP contribution in [0.15, 0.2) is 73.2 Å². The fourth-order valence-electron chi connectivity index (χ4n) is 5.02. The van der Waals surface area contributed by atoms with Crippen molar-refractivity contribution in [3.63, 3.8) is 0 Å². The summed E-state index contributed by atoms with van der Waals surface area (Å²) < 4.78 is 70.1. The summed E-state index contributed by atoms with van der Waals surface area (Å²) in [4.78, 5) is 30.7. The van der Waals surface area contributed by atoms with Gasteiger partial charge in [0.2, 0.25) is 0 Å². The van der Waals surface area contributed by atoms with Crippen LogP contribution in [0.5, 0.6) is 0 Å². The maximum atomic E-state index is 14.2. The fraction of sp³-hybridized carbons (Fsp3) is 0.0667. The zero-order valence-corrected chi connectivity index (χ0v) is 22.2. The number of nitriles is 1. The molecule has 1 aliphatic heterocycles. The van der Waals surface area contributed by atoms with Crippen LogP contribution in [-0.4, -0.2) is 21.2 Å². The number of aromatic nitrogens is 2. The van der Waals surface area contributed by atoms with E-state index in [1.165, 1.54) is 30.5 Å². The van der Waals surface area contributed by atoms with Gasteiger partial charge in [0.1, 0.15) is 17.3 Å². The Morgan fingerprint density at radius 2 is 1.84 bits per heavy atom. The third kappa shape index (κ3) is 5.04. The Morgan fingerprint density at radius 1 is 1.05 bits per heavy atom. The highest BCUT2D eigenvalue weighted by Crippen LogP contribution is 2.42. The van der Waals surface area contributed by atoms with Crippen molar-refractivity contribution in [1.82, 2.24) is 14.7 Å². The second-order valence-electron chi connectivity index (χ2n) is 9.64. The monoisotopic (exact) mass is 607 g/mol. The van der Waals surface area contributed by atoms with Crippen molar-refractivity contribution in [1.29, 1.82) is 5.26 Å². The van der Waals surface area contributed by atoms with Crippen molar-refractivity contribution in [3.05, 3.63) is 123 Å². The molecular weight excluding hydrogens is 593 g/mol. The van der Waals surface area contributed by atoms with Gasteiger partial charge in [-0.15, -0.1) is 0 Å². The quantitative estimate of drug-likeness (QED) is 0.217. The lowest BCUT2D eigenvalue weighted by Crippen LogP contribution is -2.21. The molecule has 2 N–H and O–H groups in total. The molecule has 2 aromatic heterocycles. The predicted molar refractivity (Wildman–Crippen MR) is 145 cm³/mol. The van der Waals surface area contributed by atoms with Gasteiger partial charge in [0.15, 0.2) is 0 Å². The zero-order valence-electron chi connectivity index (χ0n) is 21.4. The summed E-state index contributed by atoms with van der Waals surface area (Å²) in [6.45, 7) is 0. The van der Waals surface area contributed by atoms with E-state index in [0.29, 0.717) is 23.3 Å². The van der Waals surface area contributed by atoms with Crippen LogP contribution in [0.1, 0.15) is 49.0 Å². The minimum Gasteiger partial charge on any atom is -0.341 e. The normalized spacial score (nSPS) is 14.3. The van der Waals surface area contributed by atoms with E-state index >= 15 is 0 Å². The van der Waals surface area contributed by atoms with Crippen LogP contribution in [-0.2, 0) is 6.18 Å². The molecule has 1 aliphatic rings. The standard InChI is InChI=1S/C30H15ClF5N5O2/c31-23-2-1-18(32)11-20(23)27-26-21(29(43)40-27)7-14(22-13-41-4-3-38-25(41)9-16(22)12-37)8-24(26)39-28(42)15-5-17(30(34,35)36)10-19(33)6-15/h1-11,13,27H,(H,39,42)(H,40,43)/t27-/m1/s1. The predicted octanol–water partition coefficient (Wildman–Crippen LogP) is 6.91. The van der Waals surface area contributed by atoms with E-state index in [-0.39, 0.29) is 44.6 Å². The molecule has 0 bridgehead atoms. The molecule has 13 heteroatoms. The summed E-state index contributed by atoms with van der Waals surface area (Å²) in [6.07, 6.45) is -0.186. The largest absolute Gasteiger partial charge is 0.416 e. The molecule has 0 saturated carbocycles. The number of carbonyl (C=O) groups is 2. The van der Waals surface area contributed by atoms with E-state index in [1.54, 1.807) is 16.8 Å². The summed E-state index contributed by atoms with van der Waals surface area (Å²) in [5.41, 5.74) is -0.458. The molecule has 7 nitrogen and oxygen atoms in total. The number of halogens is 6. The molecule has 214 valence electrons. The molecule has 0 unspecified atom stereocenters. The molecule has 3 aromatic carbocycles. The number of rotatable bonds is 4. The first-order valence-electron chi connectivity index (χ1n) is 12.4. The highest BCUT2D eigenvalue weighted by Gasteiger charge is 2.36. The lowest BCUT2D eigenvalue weighted by Gasteiger charge is -2.19. The van der Waals surface area contributed by atoms with E-state index in [2.05, 4.69) is 21.7 Å². The molecule has 0 fully saturated rings. The van der Waals surface area contributed by atoms with Crippen LogP contribution in [0.4, 0.5) is 27.6 Å². The van der Waals surface area contributed by atoms with Crippen molar-refractivity contribution in [2.75, 3.05) is 5.32 Å². The number of hydrogen-bond donors (Lipinski definition) is 2. The number of fused-ring (bicyclic) bond motifs is 2. The number of pyridine rings is 1. The van der Waals surface area contributed by atoms with Gasteiger partial charge in [-0.2, -0.15) is 18.4 Å². The molecule has 3 heterocycles. The number of nitrogens with one attached hydrogen (secondary N) is 2. The average Bonchev–Trinajstić information content (AvgIpc) is 3.56. The Hall–Kier alpha value is -5.28. The zero-order chi connectivity index (χ0) is 30.6. The highest BCUT2D eigenvalue weighted by atomic mass is 35.5. The fourth-order valence-corrected chi connectivity index (χ4v) is 5.25. The summed E-state index contributed by atoms with van der Waals surface area (Å²) in [5.74, 6) is -3.67. The first-order chi connectivity index (χ1) is 20.4. The molecule has 1 atom stereocenters. The van der Waals surface area contributed by atoms with Crippen LogP contribution in [0.3, 0.4) is 0 Å². The first kappa shape index (κ1) is 27.9. The lowest BCUT2D eigenvalue weighted by molar-refractivity contribution is -0.137. The van der Waals surface area contributed by atoms with Gasteiger partial charge in [-0.25, -0.2) is 13.8 Å². The number of anilines is 1. The van der Waals surface area contributed by atoms with Crippen LogP contribution in [0, 0.1) is 23.0 Å². The lowest BCUT2D eigenvalue weighted by atomic mass is 9.92. The van der Waals surface area contributed by atoms with E-state index < -0.39 is 46.8 Å². The van der Waals surface area contributed by atoms with Gasteiger partial charge in [-0.3, -0.25) is 9.59 Å². The molecule has 0 spiro atoms. The van der Waals surface area contributed by atoms with Gasteiger partial charge in [0, 0.05) is 57.1 Å². The second kappa shape index (κ2) is 10.2. The average molecular weight is 608 g/mol. The molecule has 0 saturated heterocycles. The number of imidazole rings is 1. The Labute approximate surface area is 244 Å². The minimum absolute atomic E-state index is 0.0305. The smallest absolute Gasteiger partial charge is 0.341 e. The summed E-state index contributed by atoms with van der Waals surface area (Å²) in [6, 6.07) is 10.3. The van der Waals surface area contributed by atoms with Crippen LogP contribution >= 0.6 is 11.6 Å². The second-order valence-corrected chi connectivity index (χ2v) is 10.1. The highest BCUT2D eigenvalue weighted by molar-refractivity contribution is 6.31. The van der Waals surface area contributed by atoms with Crippen molar-refractivity contribution < 1.29 is 31.5 Å². The molecule has 5 aromatic rings. The molecule has 6 rings (SSSR count). The Bertz CT molecular complexity index is 2030. The minimum atomic E-state index is -4.92. The van der Waals surface area contributed by atoms with Crippen molar-refractivity contribution in [2.45, 2.75) is 12.2 Å². The van der Waals surface area contributed by atoms with Crippen LogP contribution < -0.4 is 10.6 Å². The van der Waals surface area contributed by atoms with E-state index in [1.807, 2.05) is 0 Å². The Balaban J connectivity index is 1.55.